The third kappa shape index (κ3) is 2.57. The third-order valence-corrected chi connectivity index (χ3v) is 4.09. The molecule has 2 aromatic carbocycles. The van der Waals surface area contributed by atoms with Gasteiger partial charge in [-0.25, -0.2) is 0 Å². The van der Waals surface area contributed by atoms with Crippen LogP contribution in [0.3, 0.4) is 0 Å². The van der Waals surface area contributed by atoms with Crippen LogP contribution in [0.2, 0.25) is 0 Å². The number of non-ortho nitro benzene ring substituents is 1. The van der Waals surface area contributed by atoms with Crippen LogP contribution in [0.1, 0.15) is 24.0 Å². The number of nitro benzene ring substituents is 1. The van der Waals surface area contributed by atoms with Crippen LogP contribution >= 0.6 is 0 Å². The Morgan fingerprint density at radius 2 is 1.86 bits per heavy atom. The lowest BCUT2D eigenvalue weighted by Gasteiger charge is -2.16. The van der Waals surface area contributed by atoms with Gasteiger partial charge in [-0.1, -0.05) is 24.3 Å². The Labute approximate surface area is 128 Å². The summed E-state index contributed by atoms with van der Waals surface area (Å²) in [7, 11) is 0. The second-order valence-electron chi connectivity index (χ2n) is 5.71. The number of nitrogens with one attached hydrogen (secondary N) is 1. The molecule has 1 saturated carbocycles. The molecule has 112 valence electrons. The number of hydrogen-bond acceptors (Lipinski definition) is 3. The summed E-state index contributed by atoms with van der Waals surface area (Å²) in [5.41, 5.74) is 2.19. The van der Waals surface area contributed by atoms with Gasteiger partial charge in [-0.2, -0.15) is 0 Å². The van der Waals surface area contributed by atoms with E-state index in [9.17, 15) is 14.9 Å². The van der Waals surface area contributed by atoms with Gasteiger partial charge in [0.1, 0.15) is 0 Å². The Hall–Kier alpha value is -2.69. The second kappa shape index (κ2) is 5.26. The zero-order chi connectivity index (χ0) is 15.7. The molecule has 1 fully saturated rings. The van der Waals surface area contributed by atoms with Crippen molar-refractivity contribution < 1.29 is 9.72 Å². The fraction of sp³-hybridized carbons (Fsp3) is 0.235. The van der Waals surface area contributed by atoms with Crippen molar-refractivity contribution in [3.05, 3.63) is 69.8 Å². The van der Waals surface area contributed by atoms with Gasteiger partial charge >= 0.3 is 0 Å². The number of anilines is 1. The largest absolute Gasteiger partial charge is 0.325 e. The van der Waals surface area contributed by atoms with Crippen molar-refractivity contribution in [2.24, 2.45) is 0 Å². The van der Waals surface area contributed by atoms with Crippen LogP contribution in [-0.4, -0.2) is 10.8 Å². The lowest BCUT2D eigenvalue weighted by atomic mass is 9.94. The van der Waals surface area contributed by atoms with Crippen molar-refractivity contribution in [3.8, 4) is 0 Å². The van der Waals surface area contributed by atoms with E-state index in [-0.39, 0.29) is 11.6 Å². The van der Waals surface area contributed by atoms with E-state index >= 15 is 0 Å². The number of carbonyl (C=O) groups is 1. The first-order chi connectivity index (χ1) is 10.5. The Kier molecular flexibility index (Phi) is 3.41. The monoisotopic (exact) mass is 296 g/mol. The molecule has 0 aliphatic heterocycles. The predicted molar refractivity (Wildman–Crippen MR) is 83.8 cm³/mol. The van der Waals surface area contributed by atoms with E-state index in [1.807, 2.05) is 31.2 Å². The fourth-order valence-corrected chi connectivity index (χ4v) is 2.65. The fourth-order valence-electron chi connectivity index (χ4n) is 2.65. The summed E-state index contributed by atoms with van der Waals surface area (Å²) in [6.45, 7) is 1.97. The zero-order valence-corrected chi connectivity index (χ0v) is 12.2. The number of amides is 1. The number of nitro groups is 1. The first kappa shape index (κ1) is 14.3. The smallest absolute Gasteiger partial charge is 0.269 e. The molecule has 2 aromatic rings. The molecule has 5 nitrogen and oxygen atoms in total. The Balaban J connectivity index is 1.80. The number of aryl methyl sites for hydroxylation is 1. The second-order valence-corrected chi connectivity index (χ2v) is 5.71. The number of nitrogens with zero attached hydrogens (tertiary/aromatic N) is 1. The van der Waals surface area contributed by atoms with Gasteiger partial charge in [0.2, 0.25) is 5.91 Å². The van der Waals surface area contributed by atoms with Crippen LogP contribution in [0.15, 0.2) is 48.5 Å². The minimum atomic E-state index is -0.543. The highest BCUT2D eigenvalue weighted by atomic mass is 16.6. The lowest BCUT2D eigenvalue weighted by Crippen LogP contribution is -2.27. The maximum atomic E-state index is 12.6. The number of hydrogen-bond donors (Lipinski definition) is 1. The van der Waals surface area contributed by atoms with Crippen LogP contribution in [-0.2, 0) is 10.2 Å². The molecular weight excluding hydrogens is 280 g/mol. The molecule has 0 aromatic heterocycles. The number of rotatable bonds is 4. The summed E-state index contributed by atoms with van der Waals surface area (Å²) in [5, 5.41) is 13.7. The Morgan fingerprint density at radius 1 is 1.18 bits per heavy atom. The van der Waals surface area contributed by atoms with Gasteiger partial charge in [0, 0.05) is 17.8 Å². The summed E-state index contributed by atoms with van der Waals surface area (Å²) >= 11 is 0. The average Bonchev–Trinajstić information content (AvgIpc) is 3.29. The van der Waals surface area contributed by atoms with Gasteiger partial charge in [0.15, 0.2) is 0 Å². The molecule has 1 aliphatic carbocycles. The third-order valence-electron chi connectivity index (χ3n) is 4.09. The molecule has 1 amide bonds. The van der Waals surface area contributed by atoms with Gasteiger partial charge in [0.25, 0.3) is 5.69 Å². The van der Waals surface area contributed by atoms with Crippen LogP contribution < -0.4 is 5.32 Å². The number of carbonyl (C=O) groups excluding carboxylic acids is 1. The van der Waals surface area contributed by atoms with Crippen LogP contribution in [0.5, 0.6) is 0 Å². The van der Waals surface area contributed by atoms with Gasteiger partial charge in [-0.3, -0.25) is 14.9 Å². The molecule has 0 atom stereocenters. The summed E-state index contributed by atoms with van der Waals surface area (Å²) in [4.78, 5) is 22.9. The van der Waals surface area contributed by atoms with Crippen molar-refractivity contribution in [1.29, 1.82) is 0 Å². The van der Waals surface area contributed by atoms with Crippen LogP contribution in [0.4, 0.5) is 11.4 Å². The molecule has 1 aliphatic rings. The van der Waals surface area contributed by atoms with Crippen LogP contribution in [0, 0.1) is 17.0 Å². The van der Waals surface area contributed by atoms with Crippen molar-refractivity contribution in [2.75, 3.05) is 5.32 Å². The minimum absolute atomic E-state index is 0.0404. The molecule has 0 spiro atoms. The summed E-state index contributed by atoms with van der Waals surface area (Å²) < 4.78 is 0. The molecule has 0 heterocycles. The minimum Gasteiger partial charge on any atom is -0.325 e. The summed E-state index contributed by atoms with van der Waals surface area (Å²) in [6, 6.07) is 13.9. The molecule has 0 saturated heterocycles. The van der Waals surface area contributed by atoms with E-state index in [0.29, 0.717) is 0 Å². The quantitative estimate of drug-likeness (QED) is 0.692. The molecular formula is C17H16N2O3. The van der Waals surface area contributed by atoms with Crippen LogP contribution in [0.25, 0.3) is 0 Å². The summed E-state index contributed by atoms with van der Waals surface area (Å²) in [5.74, 6) is -0.0491. The Morgan fingerprint density at radius 3 is 2.41 bits per heavy atom. The molecule has 22 heavy (non-hydrogen) atoms. The maximum Gasteiger partial charge on any atom is 0.269 e. The average molecular weight is 296 g/mol. The van der Waals surface area contributed by atoms with Gasteiger partial charge < -0.3 is 5.32 Å². The van der Waals surface area contributed by atoms with E-state index in [0.717, 1.165) is 29.7 Å². The van der Waals surface area contributed by atoms with E-state index < -0.39 is 10.3 Å². The van der Waals surface area contributed by atoms with E-state index in [2.05, 4.69) is 5.32 Å². The van der Waals surface area contributed by atoms with Gasteiger partial charge in [0.05, 0.1) is 10.3 Å². The van der Waals surface area contributed by atoms with Crippen molar-refractivity contribution in [3.63, 3.8) is 0 Å². The number of benzene rings is 2. The first-order valence-electron chi connectivity index (χ1n) is 7.14. The highest BCUT2D eigenvalue weighted by molar-refractivity contribution is 6.01. The lowest BCUT2D eigenvalue weighted by molar-refractivity contribution is -0.384. The topological polar surface area (TPSA) is 72.2 Å². The molecule has 0 radical (unpaired) electrons. The van der Waals surface area contributed by atoms with E-state index in [1.165, 1.54) is 12.1 Å². The van der Waals surface area contributed by atoms with E-state index in [4.69, 9.17) is 0 Å². The standard InChI is InChI=1S/C17H16N2O3/c1-12-3-2-4-14(11-12)18-16(20)17(9-10-17)13-5-7-15(8-6-13)19(21)22/h2-8,11H,9-10H2,1H3,(H,18,20). The molecule has 1 N–H and O–H groups in total. The predicted octanol–water partition coefficient (Wildman–Crippen LogP) is 3.57. The van der Waals surface area contributed by atoms with Crippen molar-refractivity contribution in [2.45, 2.75) is 25.2 Å². The van der Waals surface area contributed by atoms with E-state index in [1.54, 1.807) is 12.1 Å². The van der Waals surface area contributed by atoms with Crippen molar-refractivity contribution in [1.82, 2.24) is 0 Å². The normalized spacial score (nSPS) is 15.1. The molecule has 0 bridgehead atoms. The highest BCUT2D eigenvalue weighted by Crippen LogP contribution is 2.49. The summed E-state index contributed by atoms with van der Waals surface area (Å²) in [6.07, 6.45) is 1.53. The van der Waals surface area contributed by atoms with Gasteiger partial charge in [-0.05, 0) is 43.0 Å². The first-order valence-corrected chi connectivity index (χ1v) is 7.14. The zero-order valence-electron chi connectivity index (χ0n) is 12.2. The van der Waals surface area contributed by atoms with Crippen molar-refractivity contribution >= 4 is 17.3 Å². The SMILES string of the molecule is Cc1cccc(NC(=O)C2(c3ccc([N+](=O)[O-])cc3)CC2)c1. The molecule has 5 heteroatoms. The maximum absolute atomic E-state index is 12.6. The molecule has 0 unspecified atom stereocenters. The molecule has 3 rings (SSSR count). The highest BCUT2D eigenvalue weighted by Gasteiger charge is 2.51. The van der Waals surface area contributed by atoms with Gasteiger partial charge in [-0.15, -0.1) is 0 Å². The Bertz CT molecular complexity index is 734.